The predicted molar refractivity (Wildman–Crippen MR) is 95.0 cm³/mol. The van der Waals surface area contributed by atoms with E-state index in [0.717, 1.165) is 4.13 Å². The van der Waals surface area contributed by atoms with Crippen molar-refractivity contribution in [2.45, 2.75) is 36.7 Å². The summed E-state index contributed by atoms with van der Waals surface area (Å²) in [6.45, 7) is 1.30. The molecule has 0 aliphatic heterocycles. The molecule has 1 aromatic carbocycles. The Labute approximate surface area is 166 Å². The van der Waals surface area contributed by atoms with Gasteiger partial charge < -0.3 is 9.03 Å². The highest BCUT2D eigenvalue weighted by molar-refractivity contribution is 8.13. The molecule has 0 unspecified atom stereocenters. The number of aryl methyl sites for hydroxylation is 1. The molecule has 0 amide bonds. The van der Waals surface area contributed by atoms with Crippen molar-refractivity contribution < 1.29 is 48.1 Å². The average molecular weight is 472 g/mol. The number of hydrogen-bond acceptors (Lipinski definition) is 4. The van der Waals surface area contributed by atoms with Crippen LogP contribution in [0.25, 0.3) is 4.13 Å². The van der Waals surface area contributed by atoms with Gasteiger partial charge in [-0.1, -0.05) is 30.3 Å². The maximum absolute atomic E-state index is 11.4. The lowest BCUT2D eigenvalue weighted by atomic mass is 10.1. The second-order valence-corrected chi connectivity index (χ2v) is 9.59. The molecule has 0 heterocycles. The summed E-state index contributed by atoms with van der Waals surface area (Å²) < 4.78 is 109. The number of benzene rings is 1. The zero-order valence-electron chi connectivity index (χ0n) is 15.6. The molecule has 0 aliphatic carbocycles. The summed E-state index contributed by atoms with van der Waals surface area (Å²) in [5.41, 5.74) is -10.9. The zero-order valence-corrected chi connectivity index (χ0v) is 17.2. The van der Waals surface area contributed by atoms with Crippen molar-refractivity contribution in [3.05, 3.63) is 40.0 Å². The van der Waals surface area contributed by atoms with E-state index >= 15 is 0 Å². The first kappa shape index (κ1) is 27.6. The summed E-state index contributed by atoms with van der Waals surface area (Å²) in [4.78, 5) is 1.56. The van der Waals surface area contributed by atoms with Crippen molar-refractivity contribution in [1.29, 1.82) is 0 Å². The molecular weight excluding hydrogens is 450 g/mol. The van der Waals surface area contributed by atoms with Gasteiger partial charge in [0.1, 0.15) is 0 Å². The monoisotopic (exact) mass is 472 g/mol. The number of halogens is 6. The van der Waals surface area contributed by atoms with Crippen LogP contribution in [0.4, 0.5) is 26.3 Å². The molecular formula is C15H22F6N2O4S2. The first-order valence-electron chi connectivity index (χ1n) is 8.19. The number of alkyl halides is 6. The average Bonchev–Trinajstić information content (AvgIpc) is 2.53. The van der Waals surface area contributed by atoms with E-state index in [1.807, 2.05) is 0 Å². The summed E-state index contributed by atoms with van der Waals surface area (Å²) in [7, 11) is -9.00. The van der Waals surface area contributed by atoms with Crippen LogP contribution in [0.5, 0.6) is 0 Å². The topological polar surface area (TPSA) is 86.8 Å². The van der Waals surface area contributed by atoms with Gasteiger partial charge in [-0.05, 0) is 31.2 Å². The van der Waals surface area contributed by atoms with Gasteiger partial charge in [0.15, 0.2) is 20.0 Å². The Kier molecular flexibility index (Phi) is 10.6. The minimum absolute atomic E-state index is 0.778. The van der Waals surface area contributed by atoms with Gasteiger partial charge in [0, 0.05) is 0 Å². The minimum Gasteiger partial charge on any atom is -0.421 e. The van der Waals surface area contributed by atoms with Crippen molar-refractivity contribution >= 4 is 20.0 Å². The molecule has 6 nitrogen and oxygen atoms in total. The third kappa shape index (κ3) is 10.8. The van der Waals surface area contributed by atoms with Crippen molar-refractivity contribution in [1.82, 2.24) is 0 Å². The molecule has 170 valence electrons. The van der Waals surface area contributed by atoms with Crippen LogP contribution in [-0.4, -0.2) is 48.5 Å². The van der Waals surface area contributed by atoms with E-state index in [2.05, 4.69) is 44.4 Å². The van der Waals surface area contributed by atoms with Crippen LogP contribution in [-0.2, 0) is 26.5 Å². The molecule has 0 spiro atoms. The number of quaternary nitrogens is 1. The SMILES string of the molecule is C[NH+](C)CCCCCc1ccccc1.O=S(=O)([N-]S(=O)(=O)C(F)(F)F)C(F)(F)F. The van der Waals surface area contributed by atoms with Gasteiger partial charge in [-0.2, -0.15) is 26.3 Å². The molecule has 14 heteroatoms. The molecule has 0 radical (unpaired) electrons. The lowest BCUT2D eigenvalue weighted by Gasteiger charge is -2.22. The van der Waals surface area contributed by atoms with Crippen LogP contribution in [0.2, 0.25) is 0 Å². The highest BCUT2D eigenvalue weighted by Crippen LogP contribution is 2.36. The fourth-order valence-corrected chi connectivity index (χ4v) is 3.55. The second-order valence-electron chi connectivity index (χ2n) is 6.17. The Morgan fingerprint density at radius 2 is 1.24 bits per heavy atom. The smallest absolute Gasteiger partial charge is 0.421 e. The summed E-state index contributed by atoms with van der Waals surface area (Å²) in [6.07, 6.45) is 5.29. The Morgan fingerprint density at radius 3 is 1.62 bits per heavy atom. The van der Waals surface area contributed by atoms with E-state index in [0.29, 0.717) is 0 Å². The fraction of sp³-hybridized carbons (Fsp3) is 0.600. The molecule has 0 saturated carbocycles. The zero-order chi connectivity index (χ0) is 22.9. The van der Waals surface area contributed by atoms with E-state index in [-0.39, 0.29) is 0 Å². The standard InChI is InChI=1S/C13H21N.C2F6NO4S2/c1-14(2)12-8-4-7-11-13-9-5-3-6-10-13;3-1(4,5)14(10,11)9-15(12,13)2(6,7)8/h3,5-6,9-10H,4,7-8,11-12H2,1-2H3;/q;-1/p+1. The molecule has 0 saturated heterocycles. The number of nitrogens with zero attached hydrogens (tertiary/aromatic N) is 1. The third-order valence-electron chi connectivity index (χ3n) is 3.27. The van der Waals surface area contributed by atoms with Gasteiger partial charge >= 0.3 is 11.0 Å². The summed E-state index contributed by atoms with van der Waals surface area (Å²) >= 11 is 0. The molecule has 0 aromatic heterocycles. The third-order valence-corrected chi connectivity index (χ3v) is 6.01. The van der Waals surface area contributed by atoms with E-state index in [1.165, 1.54) is 37.8 Å². The molecule has 29 heavy (non-hydrogen) atoms. The summed E-state index contributed by atoms with van der Waals surface area (Å²) in [5, 5.41) is 0. The van der Waals surface area contributed by atoms with Crippen molar-refractivity contribution in [3.63, 3.8) is 0 Å². The molecule has 1 aromatic rings. The van der Waals surface area contributed by atoms with Gasteiger partial charge in [-0.15, -0.1) is 0 Å². The fourth-order valence-electron chi connectivity index (χ4n) is 1.84. The number of unbranched alkanes of at least 4 members (excludes halogenated alkanes) is 2. The van der Waals surface area contributed by atoms with Gasteiger partial charge in [0.25, 0.3) is 0 Å². The molecule has 1 N–H and O–H groups in total. The minimum atomic E-state index is -6.72. The van der Waals surface area contributed by atoms with Crippen LogP contribution in [0, 0.1) is 0 Å². The largest absolute Gasteiger partial charge is 0.480 e. The maximum Gasteiger partial charge on any atom is 0.480 e. The lowest BCUT2D eigenvalue weighted by Crippen LogP contribution is -3.05. The van der Waals surface area contributed by atoms with Gasteiger partial charge in [0.2, 0.25) is 0 Å². The van der Waals surface area contributed by atoms with E-state index in [4.69, 9.17) is 0 Å². The number of nitrogens with one attached hydrogen (secondary N) is 1. The number of rotatable bonds is 8. The maximum atomic E-state index is 11.4. The molecule has 0 bridgehead atoms. The molecule has 1 rings (SSSR count). The Morgan fingerprint density at radius 1 is 0.793 bits per heavy atom. The van der Waals surface area contributed by atoms with E-state index < -0.39 is 31.1 Å². The molecule has 0 atom stereocenters. The number of hydrogen-bond donors (Lipinski definition) is 1. The summed E-state index contributed by atoms with van der Waals surface area (Å²) in [5.74, 6) is 0. The first-order chi connectivity index (χ1) is 13.0. The first-order valence-corrected chi connectivity index (χ1v) is 11.1. The lowest BCUT2D eigenvalue weighted by molar-refractivity contribution is -0.858. The Balaban J connectivity index is 0.000000541. The van der Waals surface area contributed by atoms with Crippen molar-refractivity contribution in [3.8, 4) is 0 Å². The van der Waals surface area contributed by atoms with Gasteiger partial charge in [-0.25, -0.2) is 16.8 Å². The van der Waals surface area contributed by atoms with E-state index in [9.17, 15) is 43.2 Å². The van der Waals surface area contributed by atoms with E-state index in [1.54, 1.807) is 4.90 Å². The number of sulfonamides is 2. The van der Waals surface area contributed by atoms with Crippen LogP contribution >= 0.6 is 0 Å². The normalized spacial score (nSPS) is 13.1. The van der Waals surface area contributed by atoms with Crippen LogP contribution < -0.4 is 4.90 Å². The molecule has 0 aliphatic rings. The predicted octanol–water partition coefficient (Wildman–Crippen LogP) is 2.60. The van der Waals surface area contributed by atoms with Crippen molar-refractivity contribution in [2.75, 3.05) is 20.6 Å². The quantitative estimate of drug-likeness (QED) is 0.466. The van der Waals surface area contributed by atoms with Crippen LogP contribution in [0.1, 0.15) is 24.8 Å². The Hall–Kier alpha value is -1.38. The van der Waals surface area contributed by atoms with Crippen molar-refractivity contribution in [2.24, 2.45) is 0 Å². The molecule has 0 fully saturated rings. The highest BCUT2D eigenvalue weighted by Gasteiger charge is 2.46. The highest BCUT2D eigenvalue weighted by atomic mass is 32.3. The van der Waals surface area contributed by atoms with Crippen LogP contribution in [0.3, 0.4) is 0 Å². The summed E-state index contributed by atoms with van der Waals surface area (Å²) in [6, 6.07) is 10.8. The second kappa shape index (κ2) is 11.1. The van der Waals surface area contributed by atoms with Crippen LogP contribution in [0.15, 0.2) is 30.3 Å². The Bertz CT molecular complexity index is 765. The van der Waals surface area contributed by atoms with Gasteiger partial charge in [-0.3, -0.25) is 0 Å². The van der Waals surface area contributed by atoms with Gasteiger partial charge in [0.05, 0.1) is 20.6 Å².